The molecule has 0 saturated carbocycles. The number of nitrogens with one attached hydrogen (secondary N) is 2. The van der Waals surface area contributed by atoms with Gasteiger partial charge in [0.2, 0.25) is 0 Å². The highest BCUT2D eigenvalue weighted by molar-refractivity contribution is 6.29. The van der Waals surface area contributed by atoms with Gasteiger partial charge in [-0.25, -0.2) is 4.98 Å². The Morgan fingerprint density at radius 2 is 1.92 bits per heavy atom. The number of hydrogen-bond acceptors (Lipinski definition) is 5. The van der Waals surface area contributed by atoms with Crippen LogP contribution >= 0.6 is 11.6 Å². The average Bonchev–Trinajstić information content (AvgIpc) is 2.62. The fourth-order valence-corrected chi connectivity index (χ4v) is 2.63. The highest BCUT2D eigenvalue weighted by atomic mass is 35.5. The van der Waals surface area contributed by atoms with E-state index in [1.807, 2.05) is 38.1 Å². The summed E-state index contributed by atoms with van der Waals surface area (Å²) < 4.78 is 0. The summed E-state index contributed by atoms with van der Waals surface area (Å²) in [6.45, 7) is 3.89. The lowest BCUT2D eigenvalue weighted by molar-refractivity contribution is 0.102. The molecule has 0 aliphatic rings. The number of rotatable bonds is 5. The van der Waals surface area contributed by atoms with Crippen LogP contribution in [-0.2, 0) is 0 Å². The van der Waals surface area contributed by atoms with Gasteiger partial charge in [0.1, 0.15) is 11.0 Å². The normalized spacial score (nSPS) is 11.7. The lowest BCUT2D eigenvalue weighted by Crippen LogP contribution is -2.13. The molecule has 1 unspecified atom stereocenters. The fourth-order valence-electron chi connectivity index (χ4n) is 2.49. The van der Waals surface area contributed by atoms with Gasteiger partial charge in [-0.1, -0.05) is 23.7 Å². The molecule has 6 nitrogen and oxygen atoms in total. The molecule has 0 aliphatic carbocycles. The summed E-state index contributed by atoms with van der Waals surface area (Å²) in [5, 5.41) is 6.46. The van der Waals surface area contributed by atoms with Gasteiger partial charge in [-0.2, -0.15) is 0 Å². The largest absolute Gasteiger partial charge is 0.362 e. The zero-order valence-corrected chi connectivity index (χ0v) is 15.2. The van der Waals surface area contributed by atoms with Gasteiger partial charge in [0.25, 0.3) is 5.91 Å². The molecule has 7 heteroatoms. The monoisotopic (exact) mass is 367 g/mol. The van der Waals surface area contributed by atoms with E-state index < -0.39 is 0 Å². The summed E-state index contributed by atoms with van der Waals surface area (Å²) >= 11 is 5.86. The molecule has 1 atom stereocenters. The lowest BCUT2D eigenvalue weighted by Gasteiger charge is -2.16. The van der Waals surface area contributed by atoms with E-state index in [2.05, 4.69) is 25.6 Å². The number of hydrogen-bond donors (Lipinski definition) is 2. The third kappa shape index (κ3) is 4.55. The molecular weight excluding hydrogens is 350 g/mol. The quantitative estimate of drug-likeness (QED) is 0.704. The highest BCUT2D eigenvalue weighted by Crippen LogP contribution is 2.21. The highest BCUT2D eigenvalue weighted by Gasteiger charge is 2.10. The second-order valence-corrected chi connectivity index (χ2v) is 6.31. The maximum Gasteiger partial charge on any atom is 0.257 e. The van der Waals surface area contributed by atoms with Gasteiger partial charge in [0, 0.05) is 18.1 Å². The molecule has 0 fully saturated rings. The van der Waals surface area contributed by atoms with Crippen molar-refractivity contribution in [2.75, 3.05) is 10.6 Å². The van der Waals surface area contributed by atoms with Crippen molar-refractivity contribution in [3.63, 3.8) is 0 Å². The number of carbonyl (C=O) groups excluding carboxylic acids is 1. The Labute approximate surface area is 156 Å². The number of carbonyl (C=O) groups is 1. The third-order valence-corrected chi connectivity index (χ3v) is 3.93. The fraction of sp³-hybridized carbons (Fsp3) is 0.158. The van der Waals surface area contributed by atoms with E-state index in [-0.39, 0.29) is 11.9 Å². The minimum atomic E-state index is -0.195. The van der Waals surface area contributed by atoms with Crippen molar-refractivity contribution in [1.82, 2.24) is 15.0 Å². The van der Waals surface area contributed by atoms with Crippen LogP contribution in [0.5, 0.6) is 0 Å². The number of aromatic nitrogens is 3. The van der Waals surface area contributed by atoms with Gasteiger partial charge in [0.05, 0.1) is 24.0 Å². The summed E-state index contributed by atoms with van der Waals surface area (Å²) in [4.78, 5) is 24.6. The molecule has 0 saturated heterocycles. The van der Waals surface area contributed by atoms with E-state index in [0.717, 1.165) is 11.1 Å². The molecule has 2 aromatic heterocycles. The Hall–Kier alpha value is -2.99. The van der Waals surface area contributed by atoms with Crippen molar-refractivity contribution in [1.29, 1.82) is 0 Å². The molecule has 1 amide bonds. The van der Waals surface area contributed by atoms with Gasteiger partial charge in [0.15, 0.2) is 0 Å². The number of amides is 1. The van der Waals surface area contributed by atoms with Crippen molar-refractivity contribution in [2.24, 2.45) is 0 Å². The summed E-state index contributed by atoms with van der Waals surface area (Å²) in [7, 11) is 0. The number of pyridine rings is 1. The number of benzene rings is 1. The van der Waals surface area contributed by atoms with Gasteiger partial charge in [-0.05, 0) is 43.2 Å². The van der Waals surface area contributed by atoms with Crippen LogP contribution in [0.3, 0.4) is 0 Å². The minimum absolute atomic E-state index is 0.0414. The molecule has 0 bridgehead atoms. The van der Waals surface area contributed by atoms with Gasteiger partial charge < -0.3 is 10.6 Å². The zero-order chi connectivity index (χ0) is 18.5. The predicted molar refractivity (Wildman–Crippen MR) is 102 cm³/mol. The maximum atomic E-state index is 12.4. The Morgan fingerprint density at radius 3 is 2.69 bits per heavy atom. The number of halogens is 1. The van der Waals surface area contributed by atoms with E-state index in [9.17, 15) is 4.79 Å². The first kappa shape index (κ1) is 17.8. The van der Waals surface area contributed by atoms with Crippen molar-refractivity contribution in [3.05, 3.63) is 77.0 Å². The molecule has 0 radical (unpaired) electrons. The van der Waals surface area contributed by atoms with E-state index in [1.54, 1.807) is 24.7 Å². The second-order valence-electron chi connectivity index (χ2n) is 5.92. The van der Waals surface area contributed by atoms with E-state index in [1.165, 1.54) is 6.20 Å². The molecule has 0 spiro atoms. The summed E-state index contributed by atoms with van der Waals surface area (Å²) in [5.41, 5.74) is 3.16. The molecule has 26 heavy (non-hydrogen) atoms. The second kappa shape index (κ2) is 7.93. The zero-order valence-electron chi connectivity index (χ0n) is 14.4. The van der Waals surface area contributed by atoms with Crippen LogP contribution in [0.15, 0.2) is 55.1 Å². The first-order chi connectivity index (χ1) is 12.5. The van der Waals surface area contributed by atoms with E-state index >= 15 is 0 Å². The van der Waals surface area contributed by atoms with Crippen LogP contribution in [0, 0.1) is 6.92 Å². The number of aryl methyl sites for hydroxylation is 1. The van der Waals surface area contributed by atoms with Gasteiger partial charge >= 0.3 is 0 Å². The standard InChI is InChI=1S/C19H18ClN5O/c1-12-6-15(9-21-8-12)19(26)24-16-5-3-4-14(7-16)13(2)23-18-11-22-10-17(20)25-18/h3-11,13H,1-2H3,(H,23,25)(H,24,26). The Balaban J connectivity index is 1.72. The van der Waals surface area contributed by atoms with Crippen molar-refractivity contribution in [2.45, 2.75) is 19.9 Å². The van der Waals surface area contributed by atoms with Crippen molar-refractivity contribution in [3.8, 4) is 0 Å². The van der Waals surface area contributed by atoms with Crippen LogP contribution in [0.25, 0.3) is 0 Å². The Kier molecular flexibility index (Phi) is 5.43. The topological polar surface area (TPSA) is 79.8 Å². The Bertz CT molecular complexity index is 931. The summed E-state index contributed by atoms with van der Waals surface area (Å²) in [6.07, 6.45) is 6.35. The Morgan fingerprint density at radius 1 is 1.12 bits per heavy atom. The van der Waals surface area contributed by atoms with Crippen LogP contribution in [0.1, 0.15) is 34.5 Å². The van der Waals surface area contributed by atoms with E-state index in [4.69, 9.17) is 11.6 Å². The smallest absolute Gasteiger partial charge is 0.257 e. The van der Waals surface area contributed by atoms with E-state index in [0.29, 0.717) is 22.2 Å². The van der Waals surface area contributed by atoms with Crippen molar-refractivity contribution >= 4 is 29.0 Å². The molecule has 1 aromatic carbocycles. The predicted octanol–water partition coefficient (Wildman–Crippen LogP) is 4.26. The SMILES string of the molecule is Cc1cncc(C(=O)Nc2cccc(C(C)Nc3cncc(Cl)n3)c2)c1. The lowest BCUT2D eigenvalue weighted by atomic mass is 10.1. The van der Waals surface area contributed by atoms with Crippen molar-refractivity contribution < 1.29 is 4.79 Å². The minimum Gasteiger partial charge on any atom is -0.362 e. The summed E-state index contributed by atoms with van der Waals surface area (Å²) in [5.74, 6) is 0.393. The first-order valence-electron chi connectivity index (χ1n) is 8.08. The van der Waals surface area contributed by atoms with Gasteiger partial charge in [-0.15, -0.1) is 0 Å². The van der Waals surface area contributed by atoms with Gasteiger partial charge in [-0.3, -0.25) is 14.8 Å². The molecule has 132 valence electrons. The van der Waals surface area contributed by atoms with Crippen LogP contribution in [-0.4, -0.2) is 20.9 Å². The van der Waals surface area contributed by atoms with Crippen LogP contribution in [0.4, 0.5) is 11.5 Å². The number of nitrogens with zero attached hydrogens (tertiary/aromatic N) is 3. The molecule has 3 rings (SSSR count). The van der Waals surface area contributed by atoms with Crippen LogP contribution < -0.4 is 10.6 Å². The number of anilines is 2. The first-order valence-corrected chi connectivity index (χ1v) is 8.46. The molecule has 3 aromatic rings. The molecule has 2 heterocycles. The third-order valence-electron chi connectivity index (χ3n) is 3.75. The van der Waals surface area contributed by atoms with Crippen LogP contribution in [0.2, 0.25) is 5.15 Å². The maximum absolute atomic E-state index is 12.4. The molecular formula is C19H18ClN5O. The summed E-state index contributed by atoms with van der Waals surface area (Å²) in [6, 6.07) is 9.38. The average molecular weight is 368 g/mol. The molecule has 2 N–H and O–H groups in total. The molecule has 0 aliphatic heterocycles.